The number of carboxylic acid groups (broad SMARTS) is 1. The van der Waals surface area contributed by atoms with E-state index in [-0.39, 0.29) is 17.9 Å². The van der Waals surface area contributed by atoms with Crippen molar-refractivity contribution in [1.82, 2.24) is 4.31 Å². The SMILES string of the molecule is O=C(O)CC1c2ccccc2CCN1S(=O)(=O)c1ccc(F)cc1. The summed E-state index contributed by atoms with van der Waals surface area (Å²) in [6.45, 7) is 0.189. The molecular formula is C17H16FNO4S. The summed E-state index contributed by atoms with van der Waals surface area (Å²) < 4.78 is 40.1. The third-order valence-electron chi connectivity index (χ3n) is 4.15. The lowest BCUT2D eigenvalue weighted by molar-refractivity contribution is -0.138. The van der Waals surface area contributed by atoms with E-state index < -0.39 is 27.9 Å². The van der Waals surface area contributed by atoms with E-state index in [1.54, 1.807) is 12.1 Å². The van der Waals surface area contributed by atoms with Crippen molar-refractivity contribution < 1.29 is 22.7 Å². The first kappa shape index (κ1) is 16.6. The Bertz CT molecular complexity index is 864. The van der Waals surface area contributed by atoms with E-state index >= 15 is 0 Å². The summed E-state index contributed by atoms with van der Waals surface area (Å²) in [5.41, 5.74) is 1.66. The molecule has 0 amide bonds. The van der Waals surface area contributed by atoms with Crippen molar-refractivity contribution in [2.75, 3.05) is 6.54 Å². The Hall–Kier alpha value is -2.25. The Morgan fingerprint density at radius 1 is 1.17 bits per heavy atom. The molecule has 1 heterocycles. The van der Waals surface area contributed by atoms with Gasteiger partial charge in [-0.3, -0.25) is 4.79 Å². The largest absolute Gasteiger partial charge is 0.481 e. The fraction of sp³-hybridized carbons (Fsp3) is 0.235. The molecule has 0 saturated carbocycles. The van der Waals surface area contributed by atoms with Gasteiger partial charge in [-0.15, -0.1) is 0 Å². The monoisotopic (exact) mass is 349 g/mol. The fourth-order valence-electron chi connectivity index (χ4n) is 3.04. The summed E-state index contributed by atoms with van der Waals surface area (Å²) >= 11 is 0. The number of aliphatic carboxylic acids is 1. The topological polar surface area (TPSA) is 74.7 Å². The Morgan fingerprint density at radius 3 is 2.50 bits per heavy atom. The van der Waals surface area contributed by atoms with Crippen LogP contribution in [0.3, 0.4) is 0 Å². The molecule has 2 aromatic rings. The zero-order valence-corrected chi connectivity index (χ0v) is 13.5. The van der Waals surface area contributed by atoms with Crippen LogP contribution < -0.4 is 0 Å². The number of carboxylic acids is 1. The minimum atomic E-state index is -3.91. The minimum Gasteiger partial charge on any atom is -0.481 e. The molecule has 0 spiro atoms. The van der Waals surface area contributed by atoms with Crippen LogP contribution in [0.4, 0.5) is 4.39 Å². The number of rotatable bonds is 4. The van der Waals surface area contributed by atoms with Gasteiger partial charge < -0.3 is 5.11 Å². The molecule has 0 radical (unpaired) electrons. The first-order chi connectivity index (χ1) is 11.4. The maximum Gasteiger partial charge on any atom is 0.305 e. The maximum atomic E-state index is 13.1. The zero-order valence-electron chi connectivity index (χ0n) is 12.7. The van der Waals surface area contributed by atoms with Gasteiger partial charge in [0.15, 0.2) is 0 Å². The van der Waals surface area contributed by atoms with Crippen LogP contribution in [0.25, 0.3) is 0 Å². The van der Waals surface area contributed by atoms with Crippen LogP contribution in [0.15, 0.2) is 53.4 Å². The van der Waals surface area contributed by atoms with Gasteiger partial charge in [0.1, 0.15) is 5.82 Å². The lowest BCUT2D eigenvalue weighted by atomic mass is 9.92. The van der Waals surface area contributed by atoms with E-state index in [0.29, 0.717) is 12.0 Å². The lowest BCUT2D eigenvalue weighted by Crippen LogP contribution is -2.40. The summed E-state index contributed by atoms with van der Waals surface area (Å²) in [6.07, 6.45) is 0.185. The molecule has 1 aliphatic rings. The van der Waals surface area contributed by atoms with Crippen molar-refractivity contribution >= 4 is 16.0 Å². The number of hydrogen-bond acceptors (Lipinski definition) is 3. The van der Waals surface area contributed by atoms with Gasteiger partial charge in [0.2, 0.25) is 10.0 Å². The average molecular weight is 349 g/mol. The predicted molar refractivity (Wildman–Crippen MR) is 85.4 cm³/mol. The number of nitrogens with zero attached hydrogens (tertiary/aromatic N) is 1. The summed E-state index contributed by atoms with van der Waals surface area (Å²) in [4.78, 5) is 11.2. The average Bonchev–Trinajstić information content (AvgIpc) is 2.55. The lowest BCUT2D eigenvalue weighted by Gasteiger charge is -2.35. The Morgan fingerprint density at radius 2 is 1.83 bits per heavy atom. The molecule has 2 aromatic carbocycles. The van der Waals surface area contributed by atoms with Crippen molar-refractivity contribution in [2.45, 2.75) is 23.8 Å². The molecule has 24 heavy (non-hydrogen) atoms. The molecule has 1 N–H and O–H groups in total. The third-order valence-corrected chi connectivity index (χ3v) is 6.07. The quantitative estimate of drug-likeness (QED) is 0.921. The number of halogens is 1. The molecule has 0 fully saturated rings. The van der Waals surface area contributed by atoms with Crippen molar-refractivity contribution in [3.05, 3.63) is 65.5 Å². The summed E-state index contributed by atoms with van der Waals surface area (Å²) in [6, 6.07) is 11.0. The molecule has 0 aliphatic carbocycles. The molecule has 3 rings (SSSR count). The van der Waals surface area contributed by atoms with Crippen molar-refractivity contribution in [3.63, 3.8) is 0 Å². The molecule has 1 unspecified atom stereocenters. The van der Waals surface area contributed by atoms with Crippen molar-refractivity contribution in [2.24, 2.45) is 0 Å². The van der Waals surface area contributed by atoms with Gasteiger partial charge in [-0.05, 0) is 41.8 Å². The van der Waals surface area contributed by atoms with E-state index in [9.17, 15) is 22.7 Å². The van der Waals surface area contributed by atoms with Gasteiger partial charge in [0.25, 0.3) is 0 Å². The van der Waals surface area contributed by atoms with Gasteiger partial charge >= 0.3 is 5.97 Å². The fourth-order valence-corrected chi connectivity index (χ4v) is 4.64. The molecule has 1 aliphatic heterocycles. The molecular weight excluding hydrogens is 333 g/mol. The molecule has 0 aromatic heterocycles. The molecule has 126 valence electrons. The van der Waals surface area contributed by atoms with E-state index in [4.69, 9.17) is 0 Å². The molecule has 7 heteroatoms. The first-order valence-corrected chi connectivity index (χ1v) is 8.90. The highest BCUT2D eigenvalue weighted by Crippen LogP contribution is 2.36. The van der Waals surface area contributed by atoms with Crippen molar-refractivity contribution in [1.29, 1.82) is 0 Å². The summed E-state index contributed by atoms with van der Waals surface area (Å²) in [5.74, 6) is -1.60. The van der Waals surface area contributed by atoms with Crippen molar-refractivity contribution in [3.8, 4) is 0 Å². The number of hydrogen-bond donors (Lipinski definition) is 1. The van der Waals surface area contributed by atoms with Gasteiger partial charge in [0.05, 0.1) is 17.4 Å². The Labute approximate surface area is 139 Å². The van der Waals surface area contributed by atoms with E-state index in [1.165, 1.54) is 16.4 Å². The number of sulfonamides is 1. The highest BCUT2D eigenvalue weighted by Gasteiger charge is 2.37. The van der Waals surface area contributed by atoms with Crippen LogP contribution in [0.2, 0.25) is 0 Å². The van der Waals surface area contributed by atoms with Crippen LogP contribution in [-0.2, 0) is 21.2 Å². The molecule has 1 atom stereocenters. The highest BCUT2D eigenvalue weighted by molar-refractivity contribution is 7.89. The van der Waals surface area contributed by atoms with Gasteiger partial charge in [-0.2, -0.15) is 4.31 Å². The number of fused-ring (bicyclic) bond motifs is 1. The van der Waals surface area contributed by atoms with E-state index in [2.05, 4.69) is 0 Å². The Kier molecular flexibility index (Phi) is 4.38. The molecule has 0 bridgehead atoms. The summed E-state index contributed by atoms with van der Waals surface area (Å²) in [7, 11) is -3.91. The smallest absolute Gasteiger partial charge is 0.305 e. The van der Waals surface area contributed by atoms with E-state index in [1.807, 2.05) is 12.1 Å². The summed E-state index contributed by atoms with van der Waals surface area (Å²) in [5, 5.41) is 9.21. The normalized spacial score (nSPS) is 18.1. The Balaban J connectivity index is 2.05. The molecule has 0 saturated heterocycles. The van der Waals surface area contributed by atoms with Gasteiger partial charge in [0, 0.05) is 6.54 Å². The number of carbonyl (C=O) groups is 1. The molecule has 5 nitrogen and oxygen atoms in total. The second-order valence-electron chi connectivity index (χ2n) is 5.63. The second kappa shape index (κ2) is 6.33. The third kappa shape index (κ3) is 3.05. The first-order valence-electron chi connectivity index (χ1n) is 7.46. The highest BCUT2D eigenvalue weighted by atomic mass is 32.2. The number of benzene rings is 2. The van der Waals surface area contributed by atoms with Crippen LogP contribution >= 0.6 is 0 Å². The zero-order chi connectivity index (χ0) is 17.3. The maximum absolute atomic E-state index is 13.1. The van der Waals surface area contributed by atoms with Crippen LogP contribution in [-0.4, -0.2) is 30.3 Å². The minimum absolute atomic E-state index is 0.0429. The predicted octanol–water partition coefficient (Wildman–Crippen LogP) is 2.59. The van der Waals surface area contributed by atoms with Crippen LogP contribution in [0.5, 0.6) is 0 Å². The van der Waals surface area contributed by atoms with Crippen LogP contribution in [0, 0.1) is 5.82 Å². The second-order valence-corrected chi connectivity index (χ2v) is 7.52. The van der Waals surface area contributed by atoms with Crippen LogP contribution in [0.1, 0.15) is 23.6 Å². The van der Waals surface area contributed by atoms with Gasteiger partial charge in [-0.25, -0.2) is 12.8 Å². The van der Waals surface area contributed by atoms with Gasteiger partial charge in [-0.1, -0.05) is 24.3 Å². The van der Waals surface area contributed by atoms with E-state index in [0.717, 1.165) is 17.7 Å². The standard InChI is InChI=1S/C17H16FNO4S/c18-13-5-7-14(8-6-13)24(22,23)19-10-9-12-3-1-2-4-15(12)16(19)11-17(20)21/h1-8,16H,9-11H2,(H,20,21).